The summed E-state index contributed by atoms with van der Waals surface area (Å²) in [6.07, 6.45) is 18.4. The molecule has 1 atom stereocenters. The number of unbranched alkanes of at least 4 members (excludes halogenated alkanes) is 9. The first-order valence-electron chi connectivity index (χ1n) is 9.65. The molecule has 1 saturated heterocycles. The molecule has 0 aliphatic carbocycles. The Bertz CT molecular complexity index is 218. The summed E-state index contributed by atoms with van der Waals surface area (Å²) >= 11 is 5.88. The number of alkyl halides is 1. The van der Waals surface area contributed by atoms with Crippen molar-refractivity contribution in [3.8, 4) is 0 Å². The third-order valence-electron chi connectivity index (χ3n) is 4.95. The van der Waals surface area contributed by atoms with Gasteiger partial charge in [-0.15, -0.1) is 11.6 Å². The zero-order valence-electron chi connectivity index (χ0n) is 14.4. The smallest absolute Gasteiger partial charge is 0.0226 e. The fourth-order valence-corrected chi connectivity index (χ4v) is 3.88. The van der Waals surface area contributed by atoms with Crippen molar-refractivity contribution in [1.82, 2.24) is 4.90 Å². The van der Waals surface area contributed by atoms with Crippen LogP contribution in [-0.4, -0.2) is 30.4 Å². The molecule has 1 aliphatic rings. The van der Waals surface area contributed by atoms with E-state index in [0.717, 1.165) is 11.8 Å². The van der Waals surface area contributed by atoms with Crippen LogP contribution in [0, 0.1) is 5.92 Å². The van der Waals surface area contributed by atoms with Gasteiger partial charge in [0.2, 0.25) is 0 Å². The van der Waals surface area contributed by atoms with Gasteiger partial charge in [-0.05, 0) is 44.7 Å². The minimum Gasteiger partial charge on any atom is -0.303 e. The van der Waals surface area contributed by atoms with Gasteiger partial charge in [-0.1, -0.05) is 64.7 Å². The summed E-state index contributed by atoms with van der Waals surface area (Å²) < 4.78 is 0. The van der Waals surface area contributed by atoms with Crippen LogP contribution in [0.25, 0.3) is 0 Å². The van der Waals surface area contributed by atoms with Gasteiger partial charge in [-0.2, -0.15) is 0 Å². The van der Waals surface area contributed by atoms with E-state index in [9.17, 15) is 0 Å². The highest BCUT2D eigenvalue weighted by atomic mass is 35.5. The number of likely N-dealkylation sites (tertiary alicyclic amines) is 1. The molecule has 1 rings (SSSR count). The van der Waals surface area contributed by atoms with Gasteiger partial charge in [0.15, 0.2) is 0 Å². The van der Waals surface area contributed by atoms with Crippen molar-refractivity contribution in [2.45, 2.75) is 90.4 Å². The molecule has 0 saturated carbocycles. The second-order valence-electron chi connectivity index (χ2n) is 6.97. The molecule has 126 valence electrons. The molecule has 1 nitrogen and oxygen atoms in total. The largest absolute Gasteiger partial charge is 0.303 e. The molecule has 0 aromatic rings. The quantitative estimate of drug-likeness (QED) is 0.287. The number of nitrogens with zero attached hydrogens (tertiary/aromatic N) is 1. The summed E-state index contributed by atoms with van der Waals surface area (Å²) in [6.45, 7) is 6.26. The predicted octanol–water partition coefficient (Wildman–Crippen LogP) is 6.25. The van der Waals surface area contributed by atoms with E-state index in [1.165, 1.54) is 103 Å². The lowest BCUT2D eigenvalue weighted by molar-refractivity contribution is 0.169. The van der Waals surface area contributed by atoms with E-state index in [0.29, 0.717) is 0 Å². The van der Waals surface area contributed by atoms with E-state index in [1.54, 1.807) is 0 Å². The average molecular weight is 316 g/mol. The van der Waals surface area contributed by atoms with Gasteiger partial charge in [0.1, 0.15) is 0 Å². The van der Waals surface area contributed by atoms with Crippen LogP contribution in [0.3, 0.4) is 0 Å². The number of rotatable bonds is 13. The molecule has 0 aromatic carbocycles. The fraction of sp³-hybridized carbons (Fsp3) is 1.00. The first-order chi connectivity index (χ1) is 10.4. The third-order valence-corrected chi connectivity index (χ3v) is 5.17. The Balaban J connectivity index is 1.85. The summed E-state index contributed by atoms with van der Waals surface area (Å²) in [5, 5.41) is 0. The minimum absolute atomic E-state index is 0.844. The molecule has 21 heavy (non-hydrogen) atoms. The zero-order chi connectivity index (χ0) is 15.2. The van der Waals surface area contributed by atoms with E-state index in [1.807, 2.05) is 0 Å². The third kappa shape index (κ3) is 10.6. The Morgan fingerprint density at radius 3 is 2.14 bits per heavy atom. The minimum atomic E-state index is 0.844. The SMILES string of the molecule is CCCCCCCCCCCCN1CCCC(CCCl)C1. The van der Waals surface area contributed by atoms with Crippen LogP contribution in [0.1, 0.15) is 90.4 Å². The summed E-state index contributed by atoms with van der Waals surface area (Å²) in [5.74, 6) is 1.72. The normalized spacial score (nSPS) is 20.0. The van der Waals surface area contributed by atoms with Gasteiger partial charge in [0.25, 0.3) is 0 Å². The first-order valence-corrected chi connectivity index (χ1v) is 10.2. The molecule has 1 heterocycles. The maximum Gasteiger partial charge on any atom is 0.0226 e. The van der Waals surface area contributed by atoms with Crippen LogP contribution in [0.4, 0.5) is 0 Å². The Morgan fingerprint density at radius 2 is 1.52 bits per heavy atom. The van der Waals surface area contributed by atoms with E-state index < -0.39 is 0 Å². The van der Waals surface area contributed by atoms with Crippen LogP contribution in [0.5, 0.6) is 0 Å². The number of halogens is 1. The van der Waals surface area contributed by atoms with Crippen molar-refractivity contribution in [3.05, 3.63) is 0 Å². The van der Waals surface area contributed by atoms with Crippen LogP contribution < -0.4 is 0 Å². The lowest BCUT2D eigenvalue weighted by atomic mass is 9.95. The molecule has 2 heteroatoms. The molecule has 0 aromatic heterocycles. The summed E-state index contributed by atoms with van der Waals surface area (Å²) in [6, 6.07) is 0. The summed E-state index contributed by atoms with van der Waals surface area (Å²) in [7, 11) is 0. The lowest BCUT2D eigenvalue weighted by Gasteiger charge is -2.32. The van der Waals surface area contributed by atoms with Crippen molar-refractivity contribution < 1.29 is 0 Å². The fourth-order valence-electron chi connectivity index (χ4n) is 3.57. The van der Waals surface area contributed by atoms with Crippen molar-refractivity contribution in [1.29, 1.82) is 0 Å². The van der Waals surface area contributed by atoms with E-state index >= 15 is 0 Å². The molecule has 0 N–H and O–H groups in total. The van der Waals surface area contributed by atoms with Gasteiger partial charge in [-0.25, -0.2) is 0 Å². The molecule has 1 fully saturated rings. The number of piperidine rings is 1. The van der Waals surface area contributed by atoms with Crippen molar-refractivity contribution >= 4 is 11.6 Å². The monoisotopic (exact) mass is 315 g/mol. The van der Waals surface area contributed by atoms with Crippen molar-refractivity contribution in [3.63, 3.8) is 0 Å². The van der Waals surface area contributed by atoms with Gasteiger partial charge in [0.05, 0.1) is 0 Å². The standard InChI is InChI=1S/C19H38ClN/c1-2-3-4-5-6-7-8-9-10-11-16-21-17-12-13-19(18-21)14-15-20/h19H,2-18H2,1H3. The molecule has 1 unspecified atom stereocenters. The predicted molar refractivity (Wildman–Crippen MR) is 96.3 cm³/mol. The highest BCUT2D eigenvalue weighted by Gasteiger charge is 2.18. The van der Waals surface area contributed by atoms with Gasteiger partial charge in [0, 0.05) is 12.4 Å². The lowest BCUT2D eigenvalue weighted by Crippen LogP contribution is -2.36. The zero-order valence-corrected chi connectivity index (χ0v) is 15.2. The Hall–Kier alpha value is 0.250. The molecule has 0 bridgehead atoms. The van der Waals surface area contributed by atoms with E-state index in [4.69, 9.17) is 11.6 Å². The molecule has 1 aliphatic heterocycles. The summed E-state index contributed by atoms with van der Waals surface area (Å²) in [5.41, 5.74) is 0. The van der Waals surface area contributed by atoms with Gasteiger partial charge < -0.3 is 4.90 Å². The molecular weight excluding hydrogens is 278 g/mol. The van der Waals surface area contributed by atoms with Crippen LogP contribution >= 0.6 is 11.6 Å². The van der Waals surface area contributed by atoms with Gasteiger partial charge >= 0.3 is 0 Å². The molecule has 0 radical (unpaired) electrons. The highest BCUT2D eigenvalue weighted by Crippen LogP contribution is 2.20. The maximum atomic E-state index is 5.88. The van der Waals surface area contributed by atoms with E-state index in [-0.39, 0.29) is 0 Å². The number of hydrogen-bond donors (Lipinski definition) is 0. The first kappa shape index (κ1) is 19.3. The topological polar surface area (TPSA) is 3.24 Å². The second-order valence-corrected chi connectivity index (χ2v) is 7.35. The average Bonchev–Trinajstić information content (AvgIpc) is 2.50. The number of hydrogen-bond acceptors (Lipinski definition) is 1. The van der Waals surface area contributed by atoms with Crippen LogP contribution in [-0.2, 0) is 0 Å². The molecular formula is C19H38ClN. The Labute approximate surface area is 138 Å². The molecule has 0 amide bonds. The molecule has 0 spiro atoms. The summed E-state index contributed by atoms with van der Waals surface area (Å²) in [4.78, 5) is 2.69. The van der Waals surface area contributed by atoms with Crippen molar-refractivity contribution in [2.75, 3.05) is 25.5 Å². The van der Waals surface area contributed by atoms with Crippen LogP contribution in [0.2, 0.25) is 0 Å². The van der Waals surface area contributed by atoms with Gasteiger partial charge in [-0.3, -0.25) is 0 Å². The van der Waals surface area contributed by atoms with E-state index in [2.05, 4.69) is 11.8 Å². The Morgan fingerprint density at radius 1 is 0.905 bits per heavy atom. The maximum absolute atomic E-state index is 5.88. The second kappa shape index (κ2) is 13.9. The van der Waals surface area contributed by atoms with Crippen LogP contribution in [0.15, 0.2) is 0 Å². The highest BCUT2D eigenvalue weighted by molar-refractivity contribution is 6.17. The van der Waals surface area contributed by atoms with Crippen molar-refractivity contribution in [2.24, 2.45) is 5.92 Å². The Kier molecular flexibility index (Phi) is 12.8.